The van der Waals surface area contributed by atoms with E-state index in [9.17, 15) is 19.5 Å². The smallest absolute Gasteiger partial charge is 0.273 e. The molecule has 1 aromatic heterocycles. The van der Waals surface area contributed by atoms with Gasteiger partial charge in [-0.05, 0) is 31.0 Å². The molecule has 2 heterocycles. The zero-order valence-electron chi connectivity index (χ0n) is 14.0. The monoisotopic (exact) mass is 357 g/mol. The Labute approximate surface area is 149 Å². The molecule has 8 nitrogen and oxygen atoms in total. The predicted molar refractivity (Wildman–Crippen MR) is 91.1 cm³/mol. The topological polar surface area (TPSA) is 112 Å². The number of hydrogen-bond donors (Lipinski definition) is 3. The molecule has 0 radical (unpaired) electrons. The minimum Gasteiger partial charge on any atom is -0.507 e. The molecular weight excluding hydrogens is 338 g/mol. The molecule has 2 aromatic rings. The van der Waals surface area contributed by atoms with Gasteiger partial charge in [0.05, 0.1) is 23.3 Å². The predicted octanol–water partition coefficient (Wildman–Crippen LogP) is 1.30. The van der Waals surface area contributed by atoms with E-state index in [4.69, 9.17) is 4.42 Å². The van der Waals surface area contributed by atoms with Crippen LogP contribution in [-0.4, -0.2) is 40.8 Å². The number of hydrazine groups is 1. The molecule has 1 fully saturated rings. The summed E-state index contributed by atoms with van der Waals surface area (Å²) in [5, 5.41) is 9.66. The Kier molecular flexibility index (Phi) is 5.21. The van der Waals surface area contributed by atoms with Gasteiger partial charge in [0.25, 0.3) is 11.8 Å². The van der Waals surface area contributed by atoms with Crippen molar-refractivity contribution in [2.24, 2.45) is 5.92 Å². The number of benzene rings is 1. The van der Waals surface area contributed by atoms with Crippen LogP contribution in [0.3, 0.4) is 0 Å². The Bertz CT molecular complexity index is 803. The number of carbonyl (C=O) groups excluding carboxylic acids is 3. The molecule has 136 valence electrons. The number of phenolic OH excluding ortho intramolecular Hbond substituents is 1. The van der Waals surface area contributed by atoms with Crippen LogP contribution in [0.1, 0.15) is 33.6 Å². The molecule has 1 unspecified atom stereocenters. The first-order valence-electron chi connectivity index (χ1n) is 8.26. The van der Waals surface area contributed by atoms with E-state index in [1.807, 2.05) is 0 Å². The fraction of sp³-hybridized carbons (Fsp3) is 0.278. The number of furan rings is 1. The van der Waals surface area contributed by atoms with E-state index >= 15 is 0 Å². The molecule has 26 heavy (non-hydrogen) atoms. The molecule has 0 saturated carbocycles. The lowest BCUT2D eigenvalue weighted by Gasteiger charge is -2.31. The highest BCUT2D eigenvalue weighted by Crippen LogP contribution is 2.19. The van der Waals surface area contributed by atoms with Crippen molar-refractivity contribution >= 4 is 17.7 Å². The molecule has 1 aliphatic rings. The number of nitrogens with one attached hydrogen (secondary N) is 2. The Balaban J connectivity index is 1.55. The first-order chi connectivity index (χ1) is 12.6. The van der Waals surface area contributed by atoms with Crippen molar-refractivity contribution < 1.29 is 23.9 Å². The van der Waals surface area contributed by atoms with Gasteiger partial charge in [0, 0.05) is 13.1 Å². The van der Waals surface area contributed by atoms with Crippen LogP contribution < -0.4 is 10.9 Å². The second kappa shape index (κ2) is 7.73. The highest BCUT2D eigenvalue weighted by molar-refractivity contribution is 5.98. The Hall–Kier alpha value is -3.29. The third-order valence-corrected chi connectivity index (χ3v) is 4.30. The number of hydrogen-bond acceptors (Lipinski definition) is 5. The highest BCUT2D eigenvalue weighted by Gasteiger charge is 2.29. The van der Waals surface area contributed by atoms with Crippen LogP contribution in [0.25, 0.3) is 0 Å². The second-order valence-corrected chi connectivity index (χ2v) is 6.06. The largest absolute Gasteiger partial charge is 0.507 e. The zero-order chi connectivity index (χ0) is 18.5. The summed E-state index contributed by atoms with van der Waals surface area (Å²) in [6, 6.07) is 7.62. The van der Waals surface area contributed by atoms with Gasteiger partial charge in [0.15, 0.2) is 0 Å². The molecule has 8 heteroatoms. The molecular formula is C18H19N3O5. The summed E-state index contributed by atoms with van der Waals surface area (Å²) < 4.78 is 4.92. The molecule has 1 saturated heterocycles. The van der Waals surface area contributed by atoms with Crippen LogP contribution in [0, 0.1) is 5.92 Å². The number of carbonyl (C=O) groups is 3. The fourth-order valence-electron chi connectivity index (χ4n) is 2.90. The molecule has 3 N–H and O–H groups in total. The number of para-hydroxylation sites is 1. The SMILES string of the molecule is O=C(NNC(=O)C1CCCN(C(=O)c2ccoc2)C1)c1ccccc1O. The number of nitrogens with zero attached hydrogens (tertiary/aromatic N) is 1. The first-order valence-corrected chi connectivity index (χ1v) is 8.26. The number of likely N-dealkylation sites (tertiary alicyclic amines) is 1. The highest BCUT2D eigenvalue weighted by atomic mass is 16.3. The number of aromatic hydroxyl groups is 1. The van der Waals surface area contributed by atoms with E-state index in [1.165, 1.54) is 24.7 Å². The Morgan fingerprint density at radius 1 is 1.15 bits per heavy atom. The van der Waals surface area contributed by atoms with Crippen molar-refractivity contribution in [2.75, 3.05) is 13.1 Å². The fourth-order valence-corrected chi connectivity index (χ4v) is 2.90. The molecule has 0 bridgehead atoms. The van der Waals surface area contributed by atoms with E-state index in [0.29, 0.717) is 24.9 Å². The van der Waals surface area contributed by atoms with Crippen molar-refractivity contribution in [3.05, 3.63) is 54.0 Å². The number of piperidine rings is 1. The number of phenols is 1. The summed E-state index contributed by atoms with van der Waals surface area (Å²) in [5.74, 6) is -1.77. The minimum absolute atomic E-state index is 0.0632. The van der Waals surface area contributed by atoms with Crippen molar-refractivity contribution in [1.82, 2.24) is 15.8 Å². The third kappa shape index (κ3) is 3.85. The van der Waals surface area contributed by atoms with Crippen LogP contribution in [0.15, 0.2) is 47.3 Å². The molecule has 1 aliphatic heterocycles. The van der Waals surface area contributed by atoms with Gasteiger partial charge in [0.1, 0.15) is 12.0 Å². The molecule has 3 amide bonds. The van der Waals surface area contributed by atoms with Gasteiger partial charge in [-0.2, -0.15) is 0 Å². The van der Waals surface area contributed by atoms with Gasteiger partial charge in [-0.1, -0.05) is 12.1 Å². The summed E-state index contributed by atoms with van der Waals surface area (Å²) in [6.45, 7) is 0.834. The van der Waals surface area contributed by atoms with Gasteiger partial charge in [-0.15, -0.1) is 0 Å². The van der Waals surface area contributed by atoms with Crippen molar-refractivity contribution in [3.8, 4) is 5.75 Å². The lowest BCUT2D eigenvalue weighted by molar-refractivity contribution is -0.127. The summed E-state index contributed by atoms with van der Waals surface area (Å²) >= 11 is 0. The van der Waals surface area contributed by atoms with E-state index in [1.54, 1.807) is 23.1 Å². The quantitative estimate of drug-likeness (QED) is 0.717. The van der Waals surface area contributed by atoms with Crippen molar-refractivity contribution in [2.45, 2.75) is 12.8 Å². The molecule has 1 aromatic carbocycles. The van der Waals surface area contributed by atoms with Crippen LogP contribution in [0.5, 0.6) is 5.75 Å². The summed E-state index contributed by atoms with van der Waals surface area (Å²) in [5.41, 5.74) is 5.16. The molecule has 0 spiro atoms. The number of rotatable bonds is 3. The van der Waals surface area contributed by atoms with E-state index < -0.39 is 11.8 Å². The first kappa shape index (κ1) is 17.5. The summed E-state index contributed by atoms with van der Waals surface area (Å²) in [6.07, 6.45) is 4.11. The maximum atomic E-state index is 12.4. The van der Waals surface area contributed by atoms with Gasteiger partial charge >= 0.3 is 0 Å². The maximum absolute atomic E-state index is 12.4. The van der Waals surface area contributed by atoms with Gasteiger partial charge in [-0.25, -0.2) is 0 Å². The second-order valence-electron chi connectivity index (χ2n) is 6.06. The average Bonchev–Trinajstić information content (AvgIpc) is 3.20. The third-order valence-electron chi connectivity index (χ3n) is 4.30. The maximum Gasteiger partial charge on any atom is 0.273 e. The van der Waals surface area contributed by atoms with Crippen LogP contribution >= 0.6 is 0 Å². The lowest BCUT2D eigenvalue weighted by atomic mass is 9.97. The standard InChI is InChI=1S/C18H19N3O5/c22-15-6-2-1-5-14(15)17(24)20-19-16(23)12-4-3-8-21(10-12)18(25)13-7-9-26-11-13/h1-2,5-7,9,11-12,22H,3-4,8,10H2,(H,19,23)(H,20,24). The van der Waals surface area contributed by atoms with Gasteiger partial charge < -0.3 is 14.4 Å². The lowest BCUT2D eigenvalue weighted by Crippen LogP contribution is -2.50. The zero-order valence-corrected chi connectivity index (χ0v) is 14.0. The molecule has 3 rings (SSSR count). The van der Waals surface area contributed by atoms with Gasteiger partial charge in [-0.3, -0.25) is 25.2 Å². The van der Waals surface area contributed by atoms with Crippen LogP contribution in [0.2, 0.25) is 0 Å². The van der Waals surface area contributed by atoms with Crippen molar-refractivity contribution in [1.29, 1.82) is 0 Å². The average molecular weight is 357 g/mol. The van der Waals surface area contributed by atoms with E-state index in [0.717, 1.165) is 0 Å². The Morgan fingerprint density at radius 3 is 2.69 bits per heavy atom. The normalized spacial score (nSPS) is 16.8. The summed E-state index contributed by atoms with van der Waals surface area (Å²) in [4.78, 5) is 38.3. The molecule has 0 aliphatic carbocycles. The molecule has 1 atom stereocenters. The summed E-state index contributed by atoms with van der Waals surface area (Å²) in [7, 11) is 0. The van der Waals surface area contributed by atoms with Crippen molar-refractivity contribution in [3.63, 3.8) is 0 Å². The van der Waals surface area contributed by atoms with Gasteiger partial charge in [0.2, 0.25) is 5.91 Å². The van der Waals surface area contributed by atoms with Crippen LogP contribution in [-0.2, 0) is 4.79 Å². The van der Waals surface area contributed by atoms with Crippen LogP contribution in [0.4, 0.5) is 0 Å². The number of amides is 3. The Morgan fingerprint density at radius 2 is 1.96 bits per heavy atom. The minimum atomic E-state index is -0.612. The van der Waals surface area contributed by atoms with E-state index in [2.05, 4.69) is 10.9 Å². The van der Waals surface area contributed by atoms with E-state index in [-0.39, 0.29) is 29.7 Å².